The standard InChI is InChI=1S/C22H24FN5O2/c1-14-7-9-16(12-18(14)23)24-21(29)13-27(2)22(30)15-8-10-20-19(11-15)25-26-28(20)17-5-3-4-6-17/h7-12,17H,3-6,13H2,1-2H3,(H,24,29). The van der Waals surface area contributed by atoms with Crippen molar-refractivity contribution in [3.05, 3.63) is 53.3 Å². The van der Waals surface area contributed by atoms with Gasteiger partial charge in [-0.25, -0.2) is 9.07 Å². The highest BCUT2D eigenvalue weighted by molar-refractivity contribution is 6.00. The summed E-state index contributed by atoms with van der Waals surface area (Å²) in [5, 5.41) is 11.1. The van der Waals surface area contributed by atoms with Crippen molar-refractivity contribution in [2.75, 3.05) is 18.9 Å². The summed E-state index contributed by atoms with van der Waals surface area (Å²) in [6.45, 7) is 1.50. The van der Waals surface area contributed by atoms with E-state index in [0.29, 0.717) is 28.4 Å². The fourth-order valence-corrected chi connectivity index (χ4v) is 3.87. The Hall–Kier alpha value is -3.29. The highest BCUT2D eigenvalue weighted by Crippen LogP contribution is 2.31. The van der Waals surface area contributed by atoms with Crippen molar-refractivity contribution in [1.82, 2.24) is 19.9 Å². The minimum Gasteiger partial charge on any atom is -0.332 e. The fourth-order valence-electron chi connectivity index (χ4n) is 3.87. The summed E-state index contributed by atoms with van der Waals surface area (Å²) in [6, 6.07) is 10.2. The Bertz CT molecular complexity index is 1100. The van der Waals surface area contributed by atoms with Crippen LogP contribution in [0, 0.1) is 12.7 Å². The van der Waals surface area contributed by atoms with E-state index in [2.05, 4.69) is 15.6 Å². The van der Waals surface area contributed by atoms with Gasteiger partial charge in [0.05, 0.1) is 18.1 Å². The summed E-state index contributed by atoms with van der Waals surface area (Å²) in [5.74, 6) is -1.09. The molecule has 1 fully saturated rings. The molecule has 1 N–H and O–H groups in total. The second kappa shape index (κ2) is 8.22. The predicted octanol–water partition coefficient (Wildman–Crippen LogP) is 3.70. The highest BCUT2D eigenvalue weighted by Gasteiger charge is 2.21. The van der Waals surface area contributed by atoms with Crippen molar-refractivity contribution in [3.63, 3.8) is 0 Å². The molecule has 2 aromatic carbocycles. The molecule has 0 atom stereocenters. The number of anilines is 1. The first kappa shape index (κ1) is 20.0. The lowest BCUT2D eigenvalue weighted by molar-refractivity contribution is -0.116. The van der Waals surface area contributed by atoms with Gasteiger partial charge in [-0.05, 0) is 55.7 Å². The first-order valence-electron chi connectivity index (χ1n) is 10.1. The number of rotatable bonds is 5. The van der Waals surface area contributed by atoms with Crippen molar-refractivity contribution in [2.45, 2.75) is 38.6 Å². The number of aryl methyl sites for hydroxylation is 1. The Morgan fingerprint density at radius 2 is 1.97 bits per heavy atom. The zero-order valence-corrected chi connectivity index (χ0v) is 17.1. The smallest absolute Gasteiger partial charge is 0.254 e. The fraction of sp³-hybridized carbons (Fsp3) is 0.364. The van der Waals surface area contributed by atoms with E-state index in [9.17, 15) is 14.0 Å². The van der Waals surface area contributed by atoms with Crippen LogP contribution < -0.4 is 5.32 Å². The predicted molar refractivity (Wildman–Crippen MR) is 112 cm³/mol. The van der Waals surface area contributed by atoms with Crippen molar-refractivity contribution < 1.29 is 14.0 Å². The molecule has 156 valence electrons. The number of hydrogen-bond donors (Lipinski definition) is 1. The Morgan fingerprint density at radius 1 is 1.20 bits per heavy atom. The first-order valence-corrected chi connectivity index (χ1v) is 10.1. The molecule has 0 bridgehead atoms. The third-order valence-corrected chi connectivity index (χ3v) is 5.57. The SMILES string of the molecule is Cc1ccc(NC(=O)CN(C)C(=O)c2ccc3c(c2)nnn3C2CCCC2)cc1F. The van der Waals surface area contributed by atoms with Crippen LogP contribution in [0.5, 0.6) is 0 Å². The van der Waals surface area contributed by atoms with Crippen LogP contribution in [0.25, 0.3) is 11.0 Å². The number of halogens is 1. The van der Waals surface area contributed by atoms with Gasteiger partial charge in [0.1, 0.15) is 11.3 Å². The third-order valence-electron chi connectivity index (χ3n) is 5.57. The van der Waals surface area contributed by atoms with E-state index in [0.717, 1.165) is 18.4 Å². The van der Waals surface area contributed by atoms with Crippen LogP contribution in [-0.4, -0.2) is 45.3 Å². The van der Waals surface area contributed by atoms with Gasteiger partial charge in [0.2, 0.25) is 5.91 Å². The van der Waals surface area contributed by atoms with E-state index in [4.69, 9.17) is 0 Å². The lowest BCUT2D eigenvalue weighted by Gasteiger charge is -2.17. The lowest BCUT2D eigenvalue weighted by Crippen LogP contribution is -2.34. The molecular formula is C22H24FN5O2. The molecule has 0 radical (unpaired) electrons. The Kier molecular flexibility index (Phi) is 5.48. The quantitative estimate of drug-likeness (QED) is 0.697. The summed E-state index contributed by atoms with van der Waals surface area (Å²) >= 11 is 0. The van der Waals surface area contributed by atoms with Crippen LogP contribution in [0.3, 0.4) is 0 Å². The minimum atomic E-state index is -0.401. The van der Waals surface area contributed by atoms with Crippen molar-refractivity contribution in [3.8, 4) is 0 Å². The largest absolute Gasteiger partial charge is 0.332 e. The molecule has 0 unspecified atom stereocenters. The number of hydrogen-bond acceptors (Lipinski definition) is 4. The summed E-state index contributed by atoms with van der Waals surface area (Å²) < 4.78 is 15.6. The molecule has 3 aromatic rings. The molecule has 7 nitrogen and oxygen atoms in total. The summed E-state index contributed by atoms with van der Waals surface area (Å²) in [5.41, 5.74) is 2.88. The molecule has 1 aromatic heterocycles. The minimum absolute atomic E-state index is 0.152. The second-order valence-corrected chi connectivity index (χ2v) is 7.85. The van der Waals surface area contributed by atoms with E-state index in [1.165, 1.54) is 23.8 Å². The van der Waals surface area contributed by atoms with E-state index in [1.54, 1.807) is 38.2 Å². The molecule has 1 aliphatic carbocycles. The van der Waals surface area contributed by atoms with E-state index in [1.807, 2.05) is 10.7 Å². The van der Waals surface area contributed by atoms with Gasteiger partial charge < -0.3 is 10.2 Å². The molecule has 1 saturated carbocycles. The van der Waals surface area contributed by atoms with Crippen LogP contribution >= 0.6 is 0 Å². The van der Waals surface area contributed by atoms with Gasteiger partial charge in [-0.15, -0.1) is 5.10 Å². The van der Waals surface area contributed by atoms with Crippen LogP contribution in [0.15, 0.2) is 36.4 Å². The molecule has 0 aliphatic heterocycles. The monoisotopic (exact) mass is 409 g/mol. The van der Waals surface area contributed by atoms with Crippen molar-refractivity contribution >= 4 is 28.5 Å². The summed E-state index contributed by atoms with van der Waals surface area (Å²) in [6.07, 6.45) is 4.60. The maximum Gasteiger partial charge on any atom is 0.254 e. The average Bonchev–Trinajstić information content (AvgIpc) is 3.39. The number of nitrogens with zero attached hydrogens (tertiary/aromatic N) is 4. The number of nitrogens with one attached hydrogen (secondary N) is 1. The van der Waals surface area contributed by atoms with Gasteiger partial charge in [-0.1, -0.05) is 24.1 Å². The van der Waals surface area contributed by atoms with E-state index < -0.39 is 11.7 Å². The van der Waals surface area contributed by atoms with Crippen molar-refractivity contribution in [2.24, 2.45) is 0 Å². The van der Waals surface area contributed by atoms with Crippen LogP contribution in [0.1, 0.15) is 47.6 Å². The number of carbonyl (C=O) groups is 2. The lowest BCUT2D eigenvalue weighted by atomic mass is 10.1. The average molecular weight is 409 g/mol. The molecule has 1 heterocycles. The second-order valence-electron chi connectivity index (χ2n) is 7.85. The van der Waals surface area contributed by atoms with Gasteiger partial charge in [0.25, 0.3) is 5.91 Å². The van der Waals surface area contributed by atoms with Crippen LogP contribution in [-0.2, 0) is 4.79 Å². The van der Waals surface area contributed by atoms with Gasteiger partial charge in [-0.2, -0.15) is 0 Å². The number of amides is 2. The highest BCUT2D eigenvalue weighted by atomic mass is 19.1. The Labute approximate surface area is 173 Å². The zero-order chi connectivity index (χ0) is 21.3. The van der Waals surface area contributed by atoms with Gasteiger partial charge in [-0.3, -0.25) is 9.59 Å². The van der Waals surface area contributed by atoms with Gasteiger partial charge in [0.15, 0.2) is 0 Å². The number of fused-ring (bicyclic) bond motifs is 1. The third kappa shape index (κ3) is 4.03. The van der Waals surface area contributed by atoms with Gasteiger partial charge >= 0.3 is 0 Å². The Morgan fingerprint density at radius 3 is 2.70 bits per heavy atom. The topological polar surface area (TPSA) is 80.1 Å². The normalized spacial score (nSPS) is 14.2. The first-order chi connectivity index (χ1) is 14.4. The molecule has 4 rings (SSSR count). The summed E-state index contributed by atoms with van der Waals surface area (Å²) in [7, 11) is 1.55. The Balaban J connectivity index is 1.43. The summed E-state index contributed by atoms with van der Waals surface area (Å²) in [4.78, 5) is 26.4. The van der Waals surface area contributed by atoms with Crippen LogP contribution in [0.4, 0.5) is 10.1 Å². The number of aromatic nitrogens is 3. The molecule has 30 heavy (non-hydrogen) atoms. The van der Waals surface area contributed by atoms with Crippen molar-refractivity contribution in [1.29, 1.82) is 0 Å². The van der Waals surface area contributed by atoms with E-state index in [-0.39, 0.29) is 12.5 Å². The van der Waals surface area contributed by atoms with E-state index >= 15 is 0 Å². The molecule has 2 amide bonds. The zero-order valence-electron chi connectivity index (χ0n) is 17.1. The molecule has 8 heteroatoms. The number of carbonyl (C=O) groups excluding carboxylic acids is 2. The molecular weight excluding hydrogens is 385 g/mol. The van der Waals surface area contributed by atoms with Crippen LogP contribution in [0.2, 0.25) is 0 Å². The molecule has 0 saturated heterocycles. The van der Waals surface area contributed by atoms with Gasteiger partial charge in [0, 0.05) is 18.3 Å². The molecule has 0 spiro atoms. The maximum atomic E-state index is 13.6. The number of likely N-dealkylation sites (N-methyl/N-ethyl adjacent to an activating group) is 1. The molecule has 1 aliphatic rings. The maximum absolute atomic E-state index is 13.6. The number of benzene rings is 2.